The highest BCUT2D eigenvalue weighted by molar-refractivity contribution is 5.33. The quantitative estimate of drug-likeness (QED) is 0.588. The monoisotopic (exact) mass is 263 g/mol. The number of ether oxygens (including phenoxy) is 1. The number of para-hydroxylation sites is 1. The van der Waals surface area contributed by atoms with E-state index in [1.54, 1.807) is 0 Å². The van der Waals surface area contributed by atoms with Gasteiger partial charge in [-0.2, -0.15) is 0 Å². The Hall–Kier alpha value is -1.02. The largest absolute Gasteiger partial charge is 0.492 e. The number of rotatable bonds is 10. The molecule has 0 aliphatic carbocycles. The molecule has 0 amide bonds. The Labute approximate surface area is 118 Å². The van der Waals surface area contributed by atoms with E-state index in [1.807, 2.05) is 0 Å². The Morgan fingerprint density at radius 3 is 2.42 bits per heavy atom. The van der Waals surface area contributed by atoms with Gasteiger partial charge in [-0.1, -0.05) is 51.8 Å². The summed E-state index contributed by atoms with van der Waals surface area (Å²) >= 11 is 0. The van der Waals surface area contributed by atoms with Crippen molar-refractivity contribution in [3.63, 3.8) is 0 Å². The lowest BCUT2D eigenvalue weighted by Crippen LogP contribution is -2.28. The van der Waals surface area contributed by atoms with Crippen LogP contribution in [0.15, 0.2) is 24.3 Å². The van der Waals surface area contributed by atoms with Crippen LogP contribution in [-0.4, -0.2) is 31.1 Å². The van der Waals surface area contributed by atoms with E-state index in [-0.39, 0.29) is 0 Å². The van der Waals surface area contributed by atoms with Crippen molar-refractivity contribution in [2.24, 2.45) is 0 Å². The van der Waals surface area contributed by atoms with E-state index >= 15 is 0 Å². The van der Waals surface area contributed by atoms with Crippen LogP contribution in [0.1, 0.15) is 45.6 Å². The zero-order chi connectivity index (χ0) is 13.9. The first-order valence-corrected chi connectivity index (χ1v) is 7.74. The van der Waals surface area contributed by atoms with Crippen LogP contribution in [0, 0.1) is 0 Å². The second-order valence-electron chi connectivity index (χ2n) is 4.94. The van der Waals surface area contributed by atoms with E-state index in [1.165, 1.54) is 24.8 Å². The number of hydrogen-bond acceptors (Lipinski definition) is 2. The molecule has 0 aliphatic heterocycles. The van der Waals surface area contributed by atoms with Gasteiger partial charge in [0.2, 0.25) is 0 Å². The molecule has 1 aromatic rings. The Kier molecular flexibility index (Phi) is 8.31. The molecule has 0 saturated carbocycles. The van der Waals surface area contributed by atoms with Gasteiger partial charge in [0.1, 0.15) is 12.4 Å². The summed E-state index contributed by atoms with van der Waals surface area (Å²) in [4.78, 5) is 2.39. The minimum atomic E-state index is 0.784. The average molecular weight is 263 g/mol. The first-order valence-electron chi connectivity index (χ1n) is 7.74. The maximum atomic E-state index is 5.96. The zero-order valence-corrected chi connectivity index (χ0v) is 12.8. The summed E-state index contributed by atoms with van der Waals surface area (Å²) in [6.07, 6.45) is 4.96. The maximum Gasteiger partial charge on any atom is 0.122 e. The van der Waals surface area contributed by atoms with Gasteiger partial charge in [-0.25, -0.2) is 0 Å². The summed E-state index contributed by atoms with van der Waals surface area (Å²) in [6.45, 7) is 10.6. The maximum absolute atomic E-state index is 5.96. The number of aryl methyl sites for hydroxylation is 1. The molecular weight excluding hydrogens is 234 g/mol. The van der Waals surface area contributed by atoms with Gasteiger partial charge in [-0.15, -0.1) is 0 Å². The van der Waals surface area contributed by atoms with Gasteiger partial charge in [0.25, 0.3) is 0 Å². The summed E-state index contributed by atoms with van der Waals surface area (Å²) in [5.41, 5.74) is 1.36. The van der Waals surface area contributed by atoms with Crippen molar-refractivity contribution in [1.82, 2.24) is 4.90 Å². The van der Waals surface area contributed by atoms with E-state index < -0.39 is 0 Å². The number of nitrogens with zero attached hydrogens (tertiary/aromatic N) is 1. The van der Waals surface area contributed by atoms with E-state index in [2.05, 4.69) is 49.9 Å². The molecule has 2 nitrogen and oxygen atoms in total. The molecule has 0 bridgehead atoms. The third-order valence-corrected chi connectivity index (χ3v) is 3.58. The van der Waals surface area contributed by atoms with Gasteiger partial charge in [0.15, 0.2) is 0 Å². The van der Waals surface area contributed by atoms with Gasteiger partial charge in [-0.05, 0) is 37.6 Å². The molecule has 0 heterocycles. The van der Waals surface area contributed by atoms with Crippen LogP contribution in [0.5, 0.6) is 5.75 Å². The third kappa shape index (κ3) is 6.11. The zero-order valence-electron chi connectivity index (χ0n) is 12.8. The lowest BCUT2D eigenvalue weighted by Gasteiger charge is -2.19. The molecule has 1 rings (SSSR count). The van der Waals surface area contributed by atoms with Crippen LogP contribution in [0.25, 0.3) is 0 Å². The molecule has 0 spiro atoms. The van der Waals surface area contributed by atoms with Crippen molar-refractivity contribution in [2.75, 3.05) is 26.2 Å². The molecule has 0 aromatic heterocycles. The molecular formula is C17H29NO. The van der Waals surface area contributed by atoms with Crippen molar-refractivity contribution in [3.8, 4) is 5.75 Å². The summed E-state index contributed by atoms with van der Waals surface area (Å²) in [6, 6.07) is 8.47. The fourth-order valence-corrected chi connectivity index (χ4v) is 2.24. The van der Waals surface area contributed by atoms with Crippen molar-refractivity contribution in [2.45, 2.75) is 46.5 Å². The predicted octanol–water partition coefficient (Wildman–Crippen LogP) is 4.14. The Balaban J connectivity index is 2.43. The SMILES string of the molecule is CCCCCc1ccccc1OCCN(CC)CC. The molecule has 0 radical (unpaired) electrons. The van der Waals surface area contributed by atoms with E-state index in [4.69, 9.17) is 4.74 Å². The summed E-state index contributed by atoms with van der Waals surface area (Å²) in [5, 5.41) is 0. The first-order chi connectivity index (χ1) is 9.31. The van der Waals surface area contributed by atoms with Gasteiger partial charge in [0, 0.05) is 6.54 Å². The highest BCUT2D eigenvalue weighted by Crippen LogP contribution is 2.20. The minimum Gasteiger partial charge on any atom is -0.492 e. The molecule has 0 saturated heterocycles. The van der Waals surface area contributed by atoms with Gasteiger partial charge < -0.3 is 9.64 Å². The Morgan fingerprint density at radius 2 is 1.74 bits per heavy atom. The molecule has 19 heavy (non-hydrogen) atoms. The number of likely N-dealkylation sites (N-methyl/N-ethyl adjacent to an activating group) is 1. The van der Waals surface area contributed by atoms with Gasteiger partial charge in [-0.3, -0.25) is 0 Å². The fraction of sp³-hybridized carbons (Fsp3) is 0.647. The van der Waals surface area contributed by atoms with Gasteiger partial charge >= 0.3 is 0 Å². The highest BCUT2D eigenvalue weighted by Gasteiger charge is 2.04. The minimum absolute atomic E-state index is 0.784. The molecule has 0 fully saturated rings. The normalized spacial score (nSPS) is 10.9. The fourth-order valence-electron chi connectivity index (χ4n) is 2.24. The first kappa shape index (κ1) is 16.0. The molecule has 1 aromatic carbocycles. The van der Waals surface area contributed by atoms with E-state index in [0.717, 1.165) is 38.4 Å². The molecule has 0 unspecified atom stereocenters. The molecule has 0 aliphatic rings. The third-order valence-electron chi connectivity index (χ3n) is 3.58. The molecule has 0 atom stereocenters. The van der Waals surface area contributed by atoms with Crippen LogP contribution < -0.4 is 4.74 Å². The topological polar surface area (TPSA) is 12.5 Å². The number of hydrogen-bond donors (Lipinski definition) is 0. The lowest BCUT2D eigenvalue weighted by molar-refractivity contribution is 0.221. The second kappa shape index (κ2) is 9.85. The van der Waals surface area contributed by atoms with Crippen LogP contribution in [0.4, 0.5) is 0 Å². The number of unbranched alkanes of at least 4 members (excludes halogenated alkanes) is 2. The molecule has 108 valence electrons. The van der Waals surface area contributed by atoms with Crippen molar-refractivity contribution < 1.29 is 4.74 Å². The van der Waals surface area contributed by atoms with Crippen LogP contribution in [0.3, 0.4) is 0 Å². The number of benzene rings is 1. The van der Waals surface area contributed by atoms with Crippen molar-refractivity contribution in [1.29, 1.82) is 0 Å². The van der Waals surface area contributed by atoms with Crippen LogP contribution in [-0.2, 0) is 6.42 Å². The average Bonchev–Trinajstić information content (AvgIpc) is 2.45. The van der Waals surface area contributed by atoms with E-state index in [0.29, 0.717) is 0 Å². The van der Waals surface area contributed by atoms with Crippen molar-refractivity contribution >= 4 is 0 Å². The standard InChI is InChI=1S/C17H29NO/c1-4-7-8-11-16-12-9-10-13-17(16)19-15-14-18(5-2)6-3/h9-10,12-13H,4-8,11,14-15H2,1-3H3. The second-order valence-corrected chi connectivity index (χ2v) is 4.94. The predicted molar refractivity (Wildman–Crippen MR) is 83.0 cm³/mol. The lowest BCUT2D eigenvalue weighted by atomic mass is 10.1. The van der Waals surface area contributed by atoms with Crippen LogP contribution in [0.2, 0.25) is 0 Å². The smallest absolute Gasteiger partial charge is 0.122 e. The van der Waals surface area contributed by atoms with Crippen molar-refractivity contribution in [3.05, 3.63) is 29.8 Å². The Morgan fingerprint density at radius 1 is 1.00 bits per heavy atom. The van der Waals surface area contributed by atoms with Crippen LogP contribution >= 0.6 is 0 Å². The van der Waals surface area contributed by atoms with E-state index in [9.17, 15) is 0 Å². The summed E-state index contributed by atoms with van der Waals surface area (Å²) < 4.78 is 5.96. The Bertz CT molecular complexity index is 334. The summed E-state index contributed by atoms with van der Waals surface area (Å²) in [7, 11) is 0. The van der Waals surface area contributed by atoms with Gasteiger partial charge in [0.05, 0.1) is 0 Å². The molecule has 2 heteroatoms. The molecule has 0 N–H and O–H groups in total. The highest BCUT2D eigenvalue weighted by atomic mass is 16.5. The summed E-state index contributed by atoms with van der Waals surface area (Å²) in [5.74, 6) is 1.07.